The van der Waals surface area contributed by atoms with Crippen LogP contribution in [-0.4, -0.2) is 10.2 Å². The monoisotopic (exact) mass is 192 g/mol. The summed E-state index contributed by atoms with van der Waals surface area (Å²) >= 11 is 0. The lowest BCUT2D eigenvalue weighted by Gasteiger charge is -2.01. The summed E-state index contributed by atoms with van der Waals surface area (Å²) in [4.78, 5) is 0. The van der Waals surface area contributed by atoms with Gasteiger partial charge in [-0.15, -0.1) is 0 Å². The van der Waals surface area contributed by atoms with Gasteiger partial charge in [-0.2, -0.15) is 0 Å². The van der Waals surface area contributed by atoms with E-state index in [1.165, 1.54) is 0 Å². The number of aromatic hydroxyl groups is 2. The third-order valence-corrected chi connectivity index (χ3v) is 2.07. The molecule has 0 unspecified atom stereocenters. The molecule has 1 rings (SSSR count). The minimum Gasteiger partial charge on any atom is -0.507 e. The molecule has 2 nitrogen and oxygen atoms in total. The van der Waals surface area contributed by atoms with Gasteiger partial charge in [0.05, 0.1) is 5.56 Å². The van der Waals surface area contributed by atoms with Gasteiger partial charge >= 0.3 is 0 Å². The van der Waals surface area contributed by atoms with E-state index in [9.17, 15) is 10.2 Å². The third-order valence-electron chi connectivity index (χ3n) is 2.07. The zero-order valence-corrected chi connectivity index (χ0v) is 8.40. The van der Waals surface area contributed by atoms with Crippen LogP contribution >= 0.6 is 0 Å². The van der Waals surface area contributed by atoms with E-state index in [2.05, 4.69) is 6.92 Å². The number of unbranched alkanes of at least 4 members (excludes halogenated alkanes) is 2. The Balaban J connectivity index is 2.70. The van der Waals surface area contributed by atoms with Crippen molar-refractivity contribution in [3.8, 4) is 11.5 Å². The van der Waals surface area contributed by atoms with Crippen molar-refractivity contribution in [2.75, 3.05) is 0 Å². The molecule has 0 saturated heterocycles. The molecule has 0 aliphatic heterocycles. The van der Waals surface area contributed by atoms with Crippen LogP contribution in [-0.2, 0) is 0 Å². The molecular formula is C12H16O2. The molecule has 1 aromatic rings. The van der Waals surface area contributed by atoms with Crippen LogP contribution in [0.3, 0.4) is 0 Å². The fourth-order valence-corrected chi connectivity index (χ4v) is 1.24. The maximum absolute atomic E-state index is 9.44. The molecular weight excluding hydrogens is 176 g/mol. The van der Waals surface area contributed by atoms with E-state index in [1.54, 1.807) is 24.3 Å². The molecule has 1 aromatic carbocycles. The van der Waals surface area contributed by atoms with Gasteiger partial charge in [0.1, 0.15) is 11.5 Å². The molecule has 0 radical (unpaired) electrons. The van der Waals surface area contributed by atoms with Gasteiger partial charge in [-0.25, -0.2) is 0 Å². The van der Waals surface area contributed by atoms with E-state index < -0.39 is 0 Å². The summed E-state index contributed by atoms with van der Waals surface area (Å²) in [6.07, 6.45) is 6.99. The Bertz CT molecular complexity index is 296. The molecule has 0 atom stereocenters. The first-order valence-electron chi connectivity index (χ1n) is 4.93. The molecule has 0 aromatic heterocycles. The number of allylic oxidation sites excluding steroid dienone is 1. The maximum Gasteiger partial charge on any atom is 0.126 e. The first kappa shape index (κ1) is 10.6. The Kier molecular flexibility index (Phi) is 4.05. The summed E-state index contributed by atoms with van der Waals surface area (Å²) in [6.45, 7) is 2.13. The molecule has 0 heterocycles. The van der Waals surface area contributed by atoms with Crippen molar-refractivity contribution in [2.24, 2.45) is 0 Å². The zero-order chi connectivity index (χ0) is 10.4. The predicted molar refractivity (Wildman–Crippen MR) is 58.3 cm³/mol. The van der Waals surface area contributed by atoms with E-state index in [0.717, 1.165) is 19.3 Å². The van der Waals surface area contributed by atoms with Crippen LogP contribution in [0.4, 0.5) is 0 Å². The van der Waals surface area contributed by atoms with Crippen molar-refractivity contribution in [3.63, 3.8) is 0 Å². The summed E-state index contributed by atoms with van der Waals surface area (Å²) in [5.74, 6) is 0.246. The van der Waals surface area contributed by atoms with Crippen molar-refractivity contribution in [1.29, 1.82) is 0 Å². The van der Waals surface area contributed by atoms with E-state index in [1.807, 2.05) is 6.08 Å². The van der Waals surface area contributed by atoms with Gasteiger partial charge < -0.3 is 10.2 Å². The molecule has 0 aliphatic carbocycles. The lowest BCUT2D eigenvalue weighted by molar-refractivity contribution is 0.448. The minimum atomic E-state index is 0.123. The number of phenols is 2. The van der Waals surface area contributed by atoms with Crippen LogP contribution in [0.2, 0.25) is 0 Å². The summed E-state index contributed by atoms with van der Waals surface area (Å²) in [5, 5.41) is 18.9. The summed E-state index contributed by atoms with van der Waals surface area (Å²) in [7, 11) is 0. The van der Waals surface area contributed by atoms with Crippen molar-refractivity contribution in [2.45, 2.75) is 26.2 Å². The van der Waals surface area contributed by atoms with Gasteiger partial charge in [0.15, 0.2) is 0 Å². The highest BCUT2D eigenvalue weighted by Gasteiger charge is 2.01. The summed E-state index contributed by atoms with van der Waals surface area (Å²) in [6, 6.07) is 4.76. The van der Waals surface area contributed by atoms with Gasteiger partial charge in [0.25, 0.3) is 0 Å². The summed E-state index contributed by atoms with van der Waals surface area (Å²) in [5.41, 5.74) is 0.503. The Morgan fingerprint density at radius 1 is 1.21 bits per heavy atom. The highest BCUT2D eigenvalue weighted by atomic mass is 16.3. The Hall–Kier alpha value is -1.44. The molecule has 76 valence electrons. The fraction of sp³-hybridized carbons (Fsp3) is 0.333. The van der Waals surface area contributed by atoms with Gasteiger partial charge in [-0.1, -0.05) is 38.0 Å². The molecule has 0 saturated carbocycles. The van der Waals surface area contributed by atoms with Crippen LogP contribution in [0.1, 0.15) is 31.7 Å². The second kappa shape index (κ2) is 5.32. The quantitative estimate of drug-likeness (QED) is 0.718. The average Bonchev–Trinajstić information content (AvgIpc) is 2.16. The third kappa shape index (κ3) is 2.80. The van der Waals surface area contributed by atoms with Crippen molar-refractivity contribution >= 4 is 6.08 Å². The SMILES string of the molecule is CCCCC=Cc1c(O)cccc1O. The minimum absolute atomic E-state index is 0.123. The topological polar surface area (TPSA) is 40.5 Å². The second-order valence-electron chi connectivity index (χ2n) is 3.25. The number of hydrogen-bond acceptors (Lipinski definition) is 2. The van der Waals surface area contributed by atoms with E-state index in [-0.39, 0.29) is 11.5 Å². The fourth-order valence-electron chi connectivity index (χ4n) is 1.24. The van der Waals surface area contributed by atoms with Crippen LogP contribution < -0.4 is 0 Å². The first-order chi connectivity index (χ1) is 6.75. The predicted octanol–water partition coefficient (Wildman–Crippen LogP) is 3.30. The molecule has 0 aliphatic rings. The number of hydrogen-bond donors (Lipinski definition) is 2. The maximum atomic E-state index is 9.44. The van der Waals surface area contributed by atoms with Gasteiger partial charge in [0.2, 0.25) is 0 Å². The molecule has 14 heavy (non-hydrogen) atoms. The Labute approximate surface area is 84.5 Å². The molecule has 2 heteroatoms. The standard InChI is InChI=1S/C12H16O2/c1-2-3-4-5-7-10-11(13)8-6-9-12(10)14/h5-9,13-14H,2-4H2,1H3. The van der Waals surface area contributed by atoms with Gasteiger partial charge in [-0.3, -0.25) is 0 Å². The zero-order valence-electron chi connectivity index (χ0n) is 8.40. The van der Waals surface area contributed by atoms with Crippen LogP contribution in [0.25, 0.3) is 6.08 Å². The average molecular weight is 192 g/mol. The van der Waals surface area contributed by atoms with Crippen LogP contribution in [0.15, 0.2) is 24.3 Å². The summed E-state index contributed by atoms with van der Waals surface area (Å²) < 4.78 is 0. The first-order valence-corrected chi connectivity index (χ1v) is 4.93. The van der Waals surface area contributed by atoms with Crippen molar-refractivity contribution in [1.82, 2.24) is 0 Å². The van der Waals surface area contributed by atoms with E-state index >= 15 is 0 Å². The lowest BCUT2D eigenvalue weighted by atomic mass is 10.1. The lowest BCUT2D eigenvalue weighted by Crippen LogP contribution is -1.76. The molecule has 0 spiro atoms. The Morgan fingerprint density at radius 2 is 1.86 bits per heavy atom. The highest BCUT2D eigenvalue weighted by Crippen LogP contribution is 2.27. The van der Waals surface area contributed by atoms with E-state index in [0.29, 0.717) is 5.56 Å². The number of rotatable bonds is 4. The highest BCUT2D eigenvalue weighted by molar-refractivity contribution is 5.63. The van der Waals surface area contributed by atoms with Crippen molar-refractivity contribution in [3.05, 3.63) is 29.8 Å². The second-order valence-corrected chi connectivity index (χ2v) is 3.25. The Morgan fingerprint density at radius 3 is 2.43 bits per heavy atom. The number of benzene rings is 1. The number of phenolic OH excluding ortho intramolecular Hbond substituents is 2. The molecule has 0 amide bonds. The van der Waals surface area contributed by atoms with Gasteiger partial charge in [0, 0.05) is 0 Å². The molecule has 2 N–H and O–H groups in total. The normalized spacial score (nSPS) is 10.9. The van der Waals surface area contributed by atoms with Gasteiger partial charge in [-0.05, 0) is 18.6 Å². The van der Waals surface area contributed by atoms with Crippen LogP contribution in [0, 0.1) is 0 Å². The smallest absolute Gasteiger partial charge is 0.126 e. The van der Waals surface area contributed by atoms with Crippen molar-refractivity contribution < 1.29 is 10.2 Å². The largest absolute Gasteiger partial charge is 0.507 e. The van der Waals surface area contributed by atoms with Crippen LogP contribution in [0.5, 0.6) is 11.5 Å². The molecule has 0 fully saturated rings. The molecule has 0 bridgehead atoms. The van der Waals surface area contributed by atoms with E-state index in [4.69, 9.17) is 0 Å².